The maximum absolute atomic E-state index is 5.75. The Morgan fingerprint density at radius 1 is 1.59 bits per heavy atom. The van der Waals surface area contributed by atoms with Crippen LogP contribution in [0.15, 0.2) is 18.3 Å². The minimum absolute atomic E-state index is 0.361. The molecule has 0 unspecified atom stereocenters. The van der Waals surface area contributed by atoms with Crippen LogP contribution in [0.5, 0.6) is 0 Å². The second-order valence-electron chi connectivity index (χ2n) is 4.74. The van der Waals surface area contributed by atoms with Gasteiger partial charge >= 0.3 is 0 Å². The van der Waals surface area contributed by atoms with Gasteiger partial charge in [-0.3, -0.25) is 0 Å². The van der Waals surface area contributed by atoms with Gasteiger partial charge in [-0.05, 0) is 19.4 Å². The lowest BCUT2D eigenvalue weighted by Crippen LogP contribution is -2.35. The van der Waals surface area contributed by atoms with Crippen LogP contribution in [0.2, 0.25) is 0 Å². The molecule has 17 heavy (non-hydrogen) atoms. The van der Waals surface area contributed by atoms with Crippen molar-refractivity contribution in [3.63, 3.8) is 0 Å². The summed E-state index contributed by atoms with van der Waals surface area (Å²) in [6.07, 6.45) is 3.35. The van der Waals surface area contributed by atoms with Crippen molar-refractivity contribution >= 4 is 5.82 Å². The molecule has 2 aliphatic heterocycles. The van der Waals surface area contributed by atoms with E-state index in [4.69, 9.17) is 4.74 Å². The zero-order chi connectivity index (χ0) is 11.7. The maximum atomic E-state index is 5.75. The molecule has 1 saturated heterocycles. The summed E-state index contributed by atoms with van der Waals surface area (Å²) in [6, 6.07) is 4.70. The first-order chi connectivity index (χ1) is 8.38. The van der Waals surface area contributed by atoms with Crippen LogP contribution >= 0.6 is 0 Å². The first-order valence-electron chi connectivity index (χ1n) is 6.41. The topological polar surface area (TPSA) is 37.4 Å². The number of ether oxygens (including phenoxy) is 1. The lowest BCUT2D eigenvalue weighted by atomic mass is 10.2. The second-order valence-corrected chi connectivity index (χ2v) is 4.74. The number of nitrogens with zero attached hydrogens (tertiary/aromatic N) is 2. The Kier molecular flexibility index (Phi) is 2.99. The molecule has 0 saturated carbocycles. The molecule has 0 radical (unpaired) electrons. The van der Waals surface area contributed by atoms with Crippen molar-refractivity contribution in [2.45, 2.75) is 32.0 Å². The van der Waals surface area contributed by atoms with Crippen LogP contribution in [0.3, 0.4) is 0 Å². The molecule has 2 aliphatic rings. The van der Waals surface area contributed by atoms with Gasteiger partial charge in [0.15, 0.2) is 0 Å². The summed E-state index contributed by atoms with van der Waals surface area (Å²) in [4.78, 5) is 6.96. The molecule has 0 aromatic carbocycles. The minimum atomic E-state index is 0.361. The molecule has 3 rings (SSSR count). The Morgan fingerprint density at radius 3 is 3.41 bits per heavy atom. The summed E-state index contributed by atoms with van der Waals surface area (Å²) < 4.78 is 5.75. The van der Waals surface area contributed by atoms with E-state index < -0.39 is 0 Å². The standard InChI is InChI=1S/C13H19N3O/c1-2-17-12-6-11-8-14-7-10-4-3-5-15-13(10)16(11)9-12/h3-5,11-12,14H,2,6-9H2,1H3/t11-,12-/m1/s1. The molecule has 1 aromatic rings. The largest absolute Gasteiger partial charge is 0.377 e. The first-order valence-corrected chi connectivity index (χ1v) is 6.41. The van der Waals surface area contributed by atoms with Crippen LogP contribution in [0.4, 0.5) is 5.82 Å². The number of nitrogens with one attached hydrogen (secondary N) is 1. The fourth-order valence-corrected chi connectivity index (χ4v) is 2.88. The molecular weight excluding hydrogens is 214 g/mol. The highest BCUT2D eigenvalue weighted by atomic mass is 16.5. The van der Waals surface area contributed by atoms with Crippen LogP contribution < -0.4 is 10.2 Å². The summed E-state index contributed by atoms with van der Waals surface area (Å²) in [7, 11) is 0. The molecule has 1 aromatic heterocycles. The van der Waals surface area contributed by atoms with Gasteiger partial charge in [0, 0.05) is 44.0 Å². The lowest BCUT2D eigenvalue weighted by molar-refractivity contribution is 0.0764. The van der Waals surface area contributed by atoms with Crippen LogP contribution in [-0.4, -0.2) is 36.8 Å². The van der Waals surface area contributed by atoms with E-state index in [0.29, 0.717) is 12.1 Å². The Morgan fingerprint density at radius 2 is 2.53 bits per heavy atom. The van der Waals surface area contributed by atoms with Crippen molar-refractivity contribution in [3.8, 4) is 0 Å². The predicted molar refractivity (Wildman–Crippen MR) is 67.1 cm³/mol. The highest BCUT2D eigenvalue weighted by Crippen LogP contribution is 2.29. The smallest absolute Gasteiger partial charge is 0.133 e. The third kappa shape index (κ3) is 2.03. The van der Waals surface area contributed by atoms with Gasteiger partial charge < -0.3 is 15.0 Å². The van der Waals surface area contributed by atoms with Gasteiger partial charge in [0.25, 0.3) is 0 Å². The molecule has 4 heteroatoms. The average Bonchev–Trinajstić information content (AvgIpc) is 2.66. The van der Waals surface area contributed by atoms with Crippen molar-refractivity contribution in [1.29, 1.82) is 0 Å². The van der Waals surface area contributed by atoms with Crippen molar-refractivity contribution in [3.05, 3.63) is 23.9 Å². The summed E-state index contributed by atoms with van der Waals surface area (Å²) in [5.41, 5.74) is 1.30. The summed E-state index contributed by atoms with van der Waals surface area (Å²) in [6.45, 7) is 5.79. The molecule has 0 spiro atoms. The Balaban J connectivity index is 1.87. The molecular formula is C13H19N3O. The predicted octanol–water partition coefficient (Wildman–Crippen LogP) is 1.17. The van der Waals surface area contributed by atoms with Gasteiger partial charge in [-0.15, -0.1) is 0 Å². The zero-order valence-electron chi connectivity index (χ0n) is 10.2. The number of rotatable bonds is 2. The van der Waals surface area contributed by atoms with Gasteiger partial charge in [0.1, 0.15) is 5.82 Å². The molecule has 0 bridgehead atoms. The van der Waals surface area contributed by atoms with E-state index in [1.165, 1.54) is 5.56 Å². The summed E-state index contributed by atoms with van der Waals surface area (Å²) >= 11 is 0. The van der Waals surface area contributed by atoms with E-state index in [1.807, 2.05) is 12.3 Å². The number of aromatic nitrogens is 1. The first kappa shape index (κ1) is 11.0. The van der Waals surface area contributed by atoms with E-state index in [2.05, 4.69) is 28.2 Å². The van der Waals surface area contributed by atoms with Crippen LogP contribution in [0.1, 0.15) is 18.9 Å². The van der Waals surface area contributed by atoms with Crippen molar-refractivity contribution in [1.82, 2.24) is 10.3 Å². The molecule has 1 fully saturated rings. The zero-order valence-corrected chi connectivity index (χ0v) is 10.2. The van der Waals surface area contributed by atoms with Crippen LogP contribution in [0.25, 0.3) is 0 Å². The van der Waals surface area contributed by atoms with E-state index in [0.717, 1.165) is 38.5 Å². The average molecular weight is 233 g/mol. The van der Waals surface area contributed by atoms with Crippen molar-refractivity contribution < 1.29 is 4.74 Å². The number of hydrogen-bond donors (Lipinski definition) is 1. The highest BCUT2D eigenvalue weighted by Gasteiger charge is 2.35. The van der Waals surface area contributed by atoms with Crippen molar-refractivity contribution in [2.24, 2.45) is 0 Å². The Labute approximate surface area is 102 Å². The molecule has 3 heterocycles. The number of pyridine rings is 1. The van der Waals surface area contributed by atoms with Crippen molar-refractivity contribution in [2.75, 3.05) is 24.6 Å². The monoisotopic (exact) mass is 233 g/mol. The molecule has 0 aliphatic carbocycles. The van der Waals surface area contributed by atoms with E-state index in [-0.39, 0.29) is 0 Å². The van der Waals surface area contributed by atoms with E-state index >= 15 is 0 Å². The maximum Gasteiger partial charge on any atom is 0.133 e. The summed E-state index contributed by atoms with van der Waals surface area (Å²) in [5, 5.41) is 3.50. The van der Waals surface area contributed by atoms with Gasteiger partial charge in [-0.2, -0.15) is 0 Å². The number of fused-ring (bicyclic) bond motifs is 3. The Hall–Kier alpha value is -1.13. The molecule has 4 nitrogen and oxygen atoms in total. The summed E-state index contributed by atoms with van der Waals surface area (Å²) in [5.74, 6) is 1.14. The second kappa shape index (κ2) is 4.63. The SMILES string of the molecule is CCO[C@@H]1C[C@@H]2CNCc3cccnc3N2C1. The van der Waals surface area contributed by atoms with E-state index in [9.17, 15) is 0 Å². The van der Waals surface area contributed by atoms with Gasteiger partial charge in [0.2, 0.25) is 0 Å². The van der Waals surface area contributed by atoms with E-state index in [1.54, 1.807) is 0 Å². The molecule has 1 N–H and O–H groups in total. The lowest BCUT2D eigenvalue weighted by Gasteiger charge is -2.23. The third-order valence-corrected chi connectivity index (χ3v) is 3.61. The molecule has 0 amide bonds. The number of hydrogen-bond acceptors (Lipinski definition) is 4. The third-order valence-electron chi connectivity index (χ3n) is 3.61. The normalized spacial score (nSPS) is 27.5. The van der Waals surface area contributed by atoms with Crippen LogP contribution in [0, 0.1) is 0 Å². The van der Waals surface area contributed by atoms with Crippen LogP contribution in [-0.2, 0) is 11.3 Å². The van der Waals surface area contributed by atoms with Gasteiger partial charge in [0.05, 0.1) is 6.10 Å². The number of anilines is 1. The fraction of sp³-hybridized carbons (Fsp3) is 0.615. The molecule has 92 valence electrons. The quantitative estimate of drug-likeness (QED) is 0.832. The van der Waals surface area contributed by atoms with Gasteiger partial charge in [-0.1, -0.05) is 6.07 Å². The Bertz CT molecular complexity index is 396. The minimum Gasteiger partial charge on any atom is -0.377 e. The fourth-order valence-electron chi connectivity index (χ4n) is 2.88. The molecule has 2 atom stereocenters. The van der Waals surface area contributed by atoms with Gasteiger partial charge in [-0.25, -0.2) is 4.98 Å². The highest BCUT2D eigenvalue weighted by molar-refractivity contribution is 5.50.